The second-order valence-corrected chi connectivity index (χ2v) is 8.79. The van der Waals surface area contributed by atoms with Crippen molar-refractivity contribution in [3.63, 3.8) is 0 Å². The molecule has 2 heterocycles. The Bertz CT molecular complexity index is 1110. The first-order valence-corrected chi connectivity index (χ1v) is 10.7. The molecule has 1 aliphatic rings. The van der Waals surface area contributed by atoms with Gasteiger partial charge < -0.3 is 5.32 Å². The third-order valence-electron chi connectivity index (χ3n) is 4.48. The summed E-state index contributed by atoms with van der Waals surface area (Å²) in [5, 5.41) is 3.47. The zero-order valence-electron chi connectivity index (χ0n) is 15.6. The summed E-state index contributed by atoms with van der Waals surface area (Å²) in [7, 11) is 0. The molecule has 1 aromatic heterocycles. The van der Waals surface area contributed by atoms with Crippen molar-refractivity contribution in [2.24, 2.45) is 0 Å². The Hall–Kier alpha value is -2.51. The maximum absolute atomic E-state index is 12.5. The molecule has 0 unspecified atom stereocenters. The molecule has 0 atom stereocenters. The number of benzene rings is 2. The topological polar surface area (TPSA) is 64.0 Å². The third-order valence-corrected chi connectivity index (χ3v) is 6.62. The Kier molecular flexibility index (Phi) is 5.28. The number of aryl methyl sites for hydroxylation is 2. The quantitative estimate of drug-likeness (QED) is 0.648. The largest absolute Gasteiger partial charge is 0.322 e. The fraction of sp³-hybridized carbons (Fsp3) is 0.190. The van der Waals surface area contributed by atoms with E-state index in [4.69, 9.17) is 0 Å². The number of nitrogens with one attached hydrogen (secondary N) is 1. The smallest absolute Gasteiger partial charge is 0.267 e. The predicted molar refractivity (Wildman–Crippen MR) is 114 cm³/mol. The molecule has 0 radical (unpaired) electrons. The van der Waals surface area contributed by atoms with E-state index in [-0.39, 0.29) is 11.1 Å². The van der Waals surface area contributed by atoms with Crippen LogP contribution in [0.4, 0.5) is 5.69 Å². The van der Waals surface area contributed by atoms with E-state index in [9.17, 15) is 9.59 Å². The average molecular weight is 410 g/mol. The molecule has 0 aliphatic carbocycles. The molecule has 0 spiro atoms. The molecule has 0 saturated heterocycles. The van der Waals surface area contributed by atoms with Gasteiger partial charge in [0.05, 0.1) is 0 Å². The van der Waals surface area contributed by atoms with Crippen molar-refractivity contribution >= 4 is 35.1 Å². The summed E-state index contributed by atoms with van der Waals surface area (Å²) in [6.07, 6.45) is 1.37. The molecule has 0 bridgehead atoms. The number of hydrogen-bond acceptors (Lipinski definition) is 5. The van der Waals surface area contributed by atoms with Crippen LogP contribution in [-0.2, 0) is 6.54 Å². The summed E-state index contributed by atoms with van der Waals surface area (Å²) in [5.74, 6) is 0.381. The van der Waals surface area contributed by atoms with Gasteiger partial charge >= 0.3 is 0 Å². The summed E-state index contributed by atoms with van der Waals surface area (Å²) < 4.78 is 1.56. The molecular weight excluding hydrogens is 390 g/mol. The number of carbonyl (C=O) groups is 1. The number of carbonyl (C=O) groups excluding carboxylic acids is 1. The van der Waals surface area contributed by atoms with E-state index in [2.05, 4.69) is 42.3 Å². The second kappa shape index (κ2) is 7.85. The number of rotatable bonds is 4. The van der Waals surface area contributed by atoms with Gasteiger partial charge in [-0.2, -0.15) is 0 Å². The number of aromatic nitrogens is 2. The van der Waals surface area contributed by atoms with E-state index < -0.39 is 5.91 Å². The van der Waals surface area contributed by atoms with Gasteiger partial charge in [0.2, 0.25) is 0 Å². The van der Waals surface area contributed by atoms with Crippen LogP contribution in [0.5, 0.6) is 0 Å². The molecule has 0 saturated carbocycles. The van der Waals surface area contributed by atoms with Crippen LogP contribution in [0.3, 0.4) is 0 Å². The highest BCUT2D eigenvalue weighted by Gasteiger charge is 2.20. The molecule has 28 heavy (non-hydrogen) atoms. The third kappa shape index (κ3) is 3.86. The van der Waals surface area contributed by atoms with E-state index >= 15 is 0 Å². The molecule has 1 N–H and O–H groups in total. The summed E-state index contributed by atoms with van der Waals surface area (Å²) >= 11 is 3.22. The minimum atomic E-state index is -0.431. The molecule has 1 aliphatic heterocycles. The Morgan fingerprint density at radius 3 is 2.75 bits per heavy atom. The summed E-state index contributed by atoms with van der Waals surface area (Å²) in [6, 6.07) is 14.0. The van der Waals surface area contributed by atoms with E-state index in [1.807, 2.05) is 24.3 Å². The summed E-state index contributed by atoms with van der Waals surface area (Å²) in [5.41, 5.74) is 2.89. The lowest BCUT2D eigenvalue weighted by Gasteiger charge is -2.09. The number of hydrogen-bond donors (Lipinski definition) is 1. The highest BCUT2D eigenvalue weighted by Crippen LogP contribution is 2.31. The fourth-order valence-corrected chi connectivity index (χ4v) is 4.84. The highest BCUT2D eigenvalue weighted by atomic mass is 32.2. The molecule has 2 aromatic carbocycles. The lowest BCUT2D eigenvalue weighted by molar-refractivity contribution is 0.102. The van der Waals surface area contributed by atoms with Crippen LogP contribution in [0.25, 0.3) is 0 Å². The normalized spacial score (nSPS) is 12.6. The molecular formula is C21H19N3O2S2. The standard InChI is InChI=1S/C21H19N3O2S2/c1-13-3-4-14(2)18(11-13)28-16-7-5-15(6-8-16)23-19(25)17-12-22-21-24(20(17)26)9-10-27-21/h3-8,11-12H,9-10H2,1-2H3,(H,23,25). The zero-order chi connectivity index (χ0) is 19.7. The van der Waals surface area contributed by atoms with Crippen LogP contribution in [0.1, 0.15) is 21.5 Å². The molecule has 3 aromatic rings. The van der Waals surface area contributed by atoms with Gasteiger partial charge in [0.25, 0.3) is 11.5 Å². The van der Waals surface area contributed by atoms with Crippen LogP contribution >= 0.6 is 23.5 Å². The number of thioether (sulfide) groups is 1. The Labute approximate surface area is 171 Å². The van der Waals surface area contributed by atoms with Crippen molar-refractivity contribution in [1.29, 1.82) is 0 Å². The zero-order valence-corrected chi connectivity index (χ0v) is 17.2. The van der Waals surface area contributed by atoms with Gasteiger partial charge in [0.15, 0.2) is 5.16 Å². The SMILES string of the molecule is Cc1ccc(C)c(Sc2ccc(NC(=O)c3cnc4n(c3=O)CCS4)cc2)c1. The minimum Gasteiger partial charge on any atom is -0.322 e. The summed E-state index contributed by atoms with van der Waals surface area (Å²) in [6.45, 7) is 4.77. The predicted octanol–water partition coefficient (Wildman–Crippen LogP) is 4.37. The van der Waals surface area contributed by atoms with Crippen molar-refractivity contribution < 1.29 is 4.79 Å². The van der Waals surface area contributed by atoms with Crippen molar-refractivity contribution in [2.75, 3.05) is 11.1 Å². The minimum absolute atomic E-state index is 0.0695. The van der Waals surface area contributed by atoms with Crippen molar-refractivity contribution in [3.8, 4) is 0 Å². The van der Waals surface area contributed by atoms with E-state index in [0.29, 0.717) is 17.4 Å². The Balaban J connectivity index is 1.48. The first kappa shape index (κ1) is 18.8. The van der Waals surface area contributed by atoms with Crippen LogP contribution in [-0.4, -0.2) is 21.2 Å². The Morgan fingerprint density at radius 1 is 1.18 bits per heavy atom. The van der Waals surface area contributed by atoms with E-state index in [0.717, 1.165) is 10.6 Å². The molecule has 142 valence electrons. The van der Waals surface area contributed by atoms with Gasteiger partial charge in [-0.15, -0.1) is 0 Å². The lowest BCUT2D eigenvalue weighted by Crippen LogP contribution is -2.29. The van der Waals surface area contributed by atoms with Crippen LogP contribution < -0.4 is 10.9 Å². The first-order valence-electron chi connectivity index (χ1n) is 8.90. The Morgan fingerprint density at radius 2 is 1.96 bits per heavy atom. The van der Waals surface area contributed by atoms with Gasteiger partial charge in [-0.05, 0) is 55.3 Å². The maximum atomic E-state index is 12.5. The summed E-state index contributed by atoms with van der Waals surface area (Å²) in [4.78, 5) is 31.5. The van der Waals surface area contributed by atoms with E-state index in [1.165, 1.54) is 34.0 Å². The molecule has 1 amide bonds. The van der Waals surface area contributed by atoms with Gasteiger partial charge in [0, 0.05) is 34.0 Å². The van der Waals surface area contributed by atoms with Crippen LogP contribution in [0, 0.1) is 13.8 Å². The first-order chi connectivity index (χ1) is 13.5. The monoisotopic (exact) mass is 409 g/mol. The van der Waals surface area contributed by atoms with Crippen molar-refractivity contribution in [3.05, 3.63) is 75.7 Å². The number of amides is 1. The molecule has 7 heteroatoms. The van der Waals surface area contributed by atoms with Crippen molar-refractivity contribution in [1.82, 2.24) is 9.55 Å². The van der Waals surface area contributed by atoms with Crippen molar-refractivity contribution in [2.45, 2.75) is 35.3 Å². The van der Waals surface area contributed by atoms with Crippen LogP contribution in [0.15, 0.2) is 68.4 Å². The fourth-order valence-electron chi connectivity index (χ4n) is 2.92. The molecule has 4 rings (SSSR count). The van der Waals surface area contributed by atoms with Gasteiger partial charge in [-0.25, -0.2) is 4.98 Å². The van der Waals surface area contributed by atoms with E-state index in [1.54, 1.807) is 16.3 Å². The number of anilines is 1. The van der Waals surface area contributed by atoms with Gasteiger partial charge in [-0.3, -0.25) is 14.2 Å². The maximum Gasteiger partial charge on any atom is 0.267 e. The molecule has 5 nitrogen and oxygen atoms in total. The highest BCUT2D eigenvalue weighted by molar-refractivity contribution is 7.99. The molecule has 0 fully saturated rings. The van der Waals surface area contributed by atoms with Gasteiger partial charge in [-0.1, -0.05) is 35.7 Å². The average Bonchev–Trinajstić information content (AvgIpc) is 3.16. The second-order valence-electron chi connectivity index (χ2n) is 6.61. The van der Waals surface area contributed by atoms with Crippen LogP contribution in [0.2, 0.25) is 0 Å². The number of nitrogens with zero attached hydrogens (tertiary/aromatic N) is 2. The van der Waals surface area contributed by atoms with Gasteiger partial charge in [0.1, 0.15) is 5.56 Å². The number of fused-ring (bicyclic) bond motifs is 1. The lowest BCUT2D eigenvalue weighted by atomic mass is 10.2.